The second-order valence-corrected chi connectivity index (χ2v) is 5.29. The van der Waals surface area contributed by atoms with E-state index in [1.54, 1.807) is 0 Å². The van der Waals surface area contributed by atoms with Crippen LogP contribution in [-0.4, -0.2) is 0 Å². The molecule has 0 aliphatic rings. The molecule has 0 aliphatic heterocycles. The Hall–Kier alpha value is -0.990. The molecule has 0 unspecified atom stereocenters. The van der Waals surface area contributed by atoms with Crippen LogP contribution in [0.5, 0.6) is 0 Å². The van der Waals surface area contributed by atoms with Gasteiger partial charge in [0, 0.05) is 21.6 Å². The van der Waals surface area contributed by atoms with E-state index in [0.717, 1.165) is 32.7 Å². The van der Waals surface area contributed by atoms with Crippen LogP contribution in [0, 0.1) is 6.92 Å². The van der Waals surface area contributed by atoms with Gasteiger partial charge in [-0.25, -0.2) is 0 Å². The first-order valence-electron chi connectivity index (χ1n) is 5.36. The number of rotatable bonds is 2. The Balaban J connectivity index is 2.43. The van der Waals surface area contributed by atoms with Gasteiger partial charge in [-0.3, -0.25) is 0 Å². The molecule has 17 heavy (non-hydrogen) atoms. The molecule has 0 atom stereocenters. The zero-order valence-electron chi connectivity index (χ0n) is 9.50. The van der Waals surface area contributed by atoms with E-state index >= 15 is 0 Å². The molecule has 0 fully saturated rings. The number of aryl methyl sites for hydroxylation is 1. The Morgan fingerprint density at radius 2 is 1.88 bits per heavy atom. The van der Waals surface area contributed by atoms with Crippen molar-refractivity contribution in [2.45, 2.75) is 13.3 Å². The molecule has 2 aromatic rings. The largest absolute Gasteiger partial charge is 0.398 e. The van der Waals surface area contributed by atoms with Crippen LogP contribution in [0.3, 0.4) is 0 Å². The molecule has 0 aromatic heterocycles. The fourth-order valence-corrected chi connectivity index (χ4v) is 2.39. The summed E-state index contributed by atoms with van der Waals surface area (Å²) in [6.07, 6.45) is 0.761. The van der Waals surface area contributed by atoms with Gasteiger partial charge in [0.15, 0.2) is 0 Å². The highest BCUT2D eigenvalue weighted by Gasteiger charge is 2.09. The SMILES string of the molecule is Cc1ccc(Br)c(N)c1Cc1ccccc1Cl. The lowest BCUT2D eigenvalue weighted by Crippen LogP contribution is -2.00. The summed E-state index contributed by atoms with van der Waals surface area (Å²) in [5.41, 5.74) is 10.3. The average molecular weight is 311 g/mol. The normalized spacial score (nSPS) is 10.5. The van der Waals surface area contributed by atoms with E-state index in [2.05, 4.69) is 28.9 Å². The molecule has 0 saturated heterocycles. The number of anilines is 1. The number of hydrogen-bond acceptors (Lipinski definition) is 1. The summed E-state index contributed by atoms with van der Waals surface area (Å²) in [5.74, 6) is 0. The van der Waals surface area contributed by atoms with Gasteiger partial charge in [-0.1, -0.05) is 35.9 Å². The molecule has 0 spiro atoms. The van der Waals surface area contributed by atoms with Crippen LogP contribution in [0.15, 0.2) is 40.9 Å². The zero-order chi connectivity index (χ0) is 12.4. The third-order valence-corrected chi connectivity index (χ3v) is 3.92. The topological polar surface area (TPSA) is 26.0 Å². The minimum Gasteiger partial charge on any atom is -0.398 e. The maximum absolute atomic E-state index is 6.17. The molecule has 0 saturated carbocycles. The lowest BCUT2D eigenvalue weighted by Gasteiger charge is -2.12. The van der Waals surface area contributed by atoms with Crippen LogP contribution < -0.4 is 5.73 Å². The Morgan fingerprint density at radius 1 is 1.18 bits per heavy atom. The monoisotopic (exact) mass is 309 g/mol. The van der Waals surface area contributed by atoms with Gasteiger partial charge in [-0.2, -0.15) is 0 Å². The summed E-state index contributed by atoms with van der Waals surface area (Å²) in [6, 6.07) is 11.9. The van der Waals surface area contributed by atoms with E-state index in [-0.39, 0.29) is 0 Å². The molecule has 0 heterocycles. The summed E-state index contributed by atoms with van der Waals surface area (Å²) in [5, 5.41) is 0.784. The molecule has 0 radical (unpaired) electrons. The van der Waals surface area contributed by atoms with Crippen LogP contribution in [0.4, 0.5) is 5.69 Å². The van der Waals surface area contributed by atoms with Gasteiger partial charge in [-0.05, 0) is 51.7 Å². The van der Waals surface area contributed by atoms with Gasteiger partial charge in [0.2, 0.25) is 0 Å². The quantitative estimate of drug-likeness (QED) is 0.807. The predicted octanol–water partition coefficient (Wildman–Crippen LogP) is 4.58. The van der Waals surface area contributed by atoms with Crippen molar-refractivity contribution in [2.75, 3.05) is 5.73 Å². The smallest absolute Gasteiger partial charge is 0.0497 e. The highest BCUT2D eigenvalue weighted by Crippen LogP contribution is 2.29. The first-order chi connectivity index (χ1) is 8.09. The maximum atomic E-state index is 6.17. The Bertz CT molecular complexity index is 552. The molecular formula is C14H13BrClN. The van der Waals surface area contributed by atoms with Crippen LogP contribution in [0.2, 0.25) is 5.02 Å². The van der Waals surface area contributed by atoms with Crippen molar-refractivity contribution < 1.29 is 0 Å². The van der Waals surface area contributed by atoms with Crippen molar-refractivity contribution in [3.63, 3.8) is 0 Å². The number of hydrogen-bond donors (Lipinski definition) is 1. The van der Waals surface area contributed by atoms with Crippen LogP contribution in [0.1, 0.15) is 16.7 Å². The number of nitrogens with two attached hydrogens (primary N) is 1. The number of halogens is 2. The van der Waals surface area contributed by atoms with E-state index in [4.69, 9.17) is 17.3 Å². The maximum Gasteiger partial charge on any atom is 0.0497 e. The Labute approximate surface area is 115 Å². The first kappa shape index (κ1) is 12.5. The molecular weight excluding hydrogens is 298 g/mol. The molecule has 88 valence electrons. The molecule has 2 aromatic carbocycles. The summed E-state index contributed by atoms with van der Waals surface area (Å²) < 4.78 is 0.935. The van der Waals surface area contributed by atoms with Crippen molar-refractivity contribution in [1.82, 2.24) is 0 Å². The molecule has 0 amide bonds. The van der Waals surface area contributed by atoms with Gasteiger partial charge in [0.1, 0.15) is 0 Å². The van der Waals surface area contributed by atoms with E-state index in [0.29, 0.717) is 0 Å². The van der Waals surface area contributed by atoms with Gasteiger partial charge >= 0.3 is 0 Å². The lowest BCUT2D eigenvalue weighted by molar-refractivity contribution is 1.16. The van der Waals surface area contributed by atoms with E-state index in [1.165, 1.54) is 5.56 Å². The molecule has 1 nitrogen and oxygen atoms in total. The third-order valence-electron chi connectivity index (χ3n) is 2.86. The highest BCUT2D eigenvalue weighted by molar-refractivity contribution is 9.10. The molecule has 0 bridgehead atoms. The molecule has 3 heteroatoms. The van der Waals surface area contributed by atoms with Gasteiger partial charge in [-0.15, -0.1) is 0 Å². The summed E-state index contributed by atoms with van der Waals surface area (Å²) in [6.45, 7) is 2.06. The summed E-state index contributed by atoms with van der Waals surface area (Å²) >= 11 is 9.62. The van der Waals surface area contributed by atoms with E-state index in [9.17, 15) is 0 Å². The van der Waals surface area contributed by atoms with Crippen molar-refractivity contribution >= 4 is 33.2 Å². The van der Waals surface area contributed by atoms with E-state index < -0.39 is 0 Å². The average Bonchev–Trinajstić information content (AvgIpc) is 2.32. The van der Waals surface area contributed by atoms with Gasteiger partial charge < -0.3 is 5.73 Å². The van der Waals surface area contributed by atoms with Crippen molar-refractivity contribution in [2.24, 2.45) is 0 Å². The zero-order valence-corrected chi connectivity index (χ0v) is 11.8. The second-order valence-electron chi connectivity index (χ2n) is 4.02. The van der Waals surface area contributed by atoms with E-state index in [1.807, 2.05) is 30.3 Å². The van der Waals surface area contributed by atoms with Crippen molar-refractivity contribution in [3.8, 4) is 0 Å². The minimum atomic E-state index is 0.761. The Morgan fingerprint density at radius 3 is 2.59 bits per heavy atom. The summed E-state index contributed by atoms with van der Waals surface area (Å²) in [4.78, 5) is 0. The van der Waals surface area contributed by atoms with Crippen LogP contribution in [0.25, 0.3) is 0 Å². The van der Waals surface area contributed by atoms with Crippen molar-refractivity contribution in [3.05, 3.63) is 62.6 Å². The standard InChI is InChI=1S/C14H13BrClN/c1-9-6-7-12(15)14(17)11(9)8-10-4-2-3-5-13(10)16/h2-7H,8,17H2,1H3. The first-order valence-corrected chi connectivity index (χ1v) is 6.53. The fourth-order valence-electron chi connectivity index (χ4n) is 1.81. The highest BCUT2D eigenvalue weighted by atomic mass is 79.9. The van der Waals surface area contributed by atoms with Crippen LogP contribution >= 0.6 is 27.5 Å². The molecule has 2 N–H and O–H groups in total. The predicted molar refractivity (Wildman–Crippen MR) is 77.5 cm³/mol. The minimum absolute atomic E-state index is 0.761. The Kier molecular flexibility index (Phi) is 3.75. The molecule has 0 aliphatic carbocycles. The second kappa shape index (κ2) is 5.11. The van der Waals surface area contributed by atoms with Crippen molar-refractivity contribution in [1.29, 1.82) is 0 Å². The fraction of sp³-hybridized carbons (Fsp3) is 0.143. The number of nitrogen functional groups attached to an aromatic ring is 1. The number of benzene rings is 2. The summed E-state index contributed by atoms with van der Waals surface area (Å²) in [7, 11) is 0. The van der Waals surface area contributed by atoms with Gasteiger partial charge in [0.05, 0.1) is 0 Å². The lowest BCUT2D eigenvalue weighted by atomic mass is 9.99. The van der Waals surface area contributed by atoms with Crippen LogP contribution in [-0.2, 0) is 6.42 Å². The third kappa shape index (κ3) is 2.64. The molecule has 2 rings (SSSR count). The van der Waals surface area contributed by atoms with Gasteiger partial charge in [0.25, 0.3) is 0 Å².